The molecule has 0 unspecified atom stereocenters. The Morgan fingerprint density at radius 3 is 2.39 bits per heavy atom. The number of allylic oxidation sites excluding steroid dienone is 1. The van der Waals surface area contributed by atoms with Crippen LogP contribution in [0.4, 0.5) is 0 Å². The molecule has 0 saturated heterocycles. The third-order valence-electron chi connectivity index (χ3n) is 7.10. The van der Waals surface area contributed by atoms with Gasteiger partial charge in [-0.1, -0.05) is 63.7 Å². The number of nitrogens with zero attached hydrogens (tertiary/aromatic N) is 1. The largest absolute Gasteiger partial charge is 0.744 e. The number of hydrogen-bond acceptors (Lipinski definition) is 12. The summed E-state index contributed by atoms with van der Waals surface area (Å²) < 4.78 is 36.5. The van der Waals surface area contributed by atoms with Crippen LogP contribution in [0.25, 0.3) is 0 Å². The van der Waals surface area contributed by atoms with Crippen molar-refractivity contribution in [2.24, 2.45) is 11.8 Å². The maximum atomic E-state index is 13.1. The first kappa shape index (κ1) is 41.5. The van der Waals surface area contributed by atoms with E-state index in [4.69, 9.17) is 4.74 Å². The Balaban J connectivity index is 0.000000709. The van der Waals surface area contributed by atoms with Gasteiger partial charge >= 0.3 is 5.97 Å². The van der Waals surface area contributed by atoms with E-state index in [2.05, 4.69) is 26.7 Å². The number of cyclic esters (lactones) is 1. The highest BCUT2D eigenvalue weighted by Crippen LogP contribution is 2.16. The van der Waals surface area contributed by atoms with E-state index in [-0.39, 0.29) is 52.5 Å². The number of benzene rings is 1. The van der Waals surface area contributed by atoms with Gasteiger partial charge in [0.2, 0.25) is 16.9 Å². The molecule has 1 aromatic carbocycles. The van der Waals surface area contributed by atoms with E-state index in [0.29, 0.717) is 17.2 Å². The predicted octanol–water partition coefficient (Wildman–Crippen LogP) is 1.79. The van der Waals surface area contributed by atoms with Crippen molar-refractivity contribution >= 4 is 62.0 Å². The number of carbonyl (C=O) groups is 5. The molecule has 2 bridgehead atoms. The fraction of sp³-hybridized carbons (Fsp3) is 0.500. The van der Waals surface area contributed by atoms with Crippen molar-refractivity contribution in [1.82, 2.24) is 20.9 Å². The second-order valence-corrected chi connectivity index (χ2v) is 15.8. The molecule has 17 heteroatoms. The molecule has 14 nitrogen and oxygen atoms in total. The molecule has 1 aliphatic rings. The van der Waals surface area contributed by atoms with Crippen molar-refractivity contribution in [3.63, 3.8) is 0 Å². The summed E-state index contributed by atoms with van der Waals surface area (Å²) in [4.78, 5) is 67.8. The maximum Gasteiger partial charge on any atom is 0.329 e. The minimum atomic E-state index is -4.25. The Morgan fingerprint density at radius 2 is 1.82 bits per heavy atom. The number of amides is 3. The third-order valence-corrected chi connectivity index (χ3v) is 9.82. The van der Waals surface area contributed by atoms with Crippen molar-refractivity contribution in [1.29, 1.82) is 0 Å². The fourth-order valence-corrected chi connectivity index (χ4v) is 6.11. The van der Waals surface area contributed by atoms with Crippen molar-refractivity contribution in [3.05, 3.63) is 58.6 Å². The normalized spacial score (nSPS) is 19.7. The molecule has 1 aliphatic heterocycles. The molecule has 1 aromatic heterocycles. The second-order valence-electron chi connectivity index (χ2n) is 12.4. The summed E-state index contributed by atoms with van der Waals surface area (Å²) in [6.45, 7) is 10.6. The lowest BCUT2D eigenvalue weighted by atomic mass is 9.99. The topological polar surface area (TPSA) is 228 Å². The van der Waals surface area contributed by atoms with Crippen molar-refractivity contribution < 1.29 is 47.4 Å². The van der Waals surface area contributed by atoms with Crippen molar-refractivity contribution in [2.75, 3.05) is 5.75 Å². The number of carbonyl (C=O) groups excluding carboxylic acids is 5. The Hall–Kier alpha value is -3.64. The molecule has 2 heterocycles. The van der Waals surface area contributed by atoms with E-state index in [1.54, 1.807) is 37.4 Å². The smallest absolute Gasteiger partial charge is 0.329 e. The van der Waals surface area contributed by atoms with E-state index in [1.807, 2.05) is 13.8 Å². The molecule has 3 rings (SSSR count). The van der Waals surface area contributed by atoms with Gasteiger partial charge in [0.15, 0.2) is 6.04 Å². The number of quaternary nitrogens is 1. The number of thioether (sulfide) groups is 1. The highest BCUT2D eigenvalue weighted by Gasteiger charge is 2.36. The Kier molecular flexibility index (Phi) is 16.1. The van der Waals surface area contributed by atoms with Crippen LogP contribution in [-0.4, -0.2) is 76.2 Å². The molecule has 0 aliphatic carbocycles. The van der Waals surface area contributed by atoms with Crippen LogP contribution < -0.4 is 21.7 Å². The number of aromatic nitrogens is 1. The van der Waals surface area contributed by atoms with Crippen LogP contribution in [0.15, 0.2) is 52.8 Å². The predicted molar refractivity (Wildman–Crippen MR) is 184 cm³/mol. The lowest BCUT2D eigenvalue weighted by molar-refractivity contribution is -0.411. The molecule has 6 N–H and O–H groups in total. The van der Waals surface area contributed by atoms with E-state index < -0.39 is 45.6 Å². The molecule has 270 valence electrons. The molecule has 3 amide bonds. The quantitative estimate of drug-likeness (QED) is 0.132. The molecule has 0 radical (unpaired) electrons. The van der Waals surface area contributed by atoms with Gasteiger partial charge in [-0.3, -0.25) is 19.2 Å². The SMILES string of the molecule is CC(C)[C@H]([NH3+])C(=O)SCC/C=C/[C@@H]1CC(=O)NCc2nc(cs2)C(=O)NC(C)(C)C(=O)N[C@@H](C(C)C)C(=O)O1.O=S(=O)([O-])c1ccccc1. The monoisotopic (exact) mass is 739 g/mol. The lowest BCUT2D eigenvalue weighted by Crippen LogP contribution is -2.66. The van der Waals surface area contributed by atoms with Crippen molar-refractivity contribution in [3.8, 4) is 0 Å². The molecule has 2 aromatic rings. The molecule has 0 spiro atoms. The van der Waals surface area contributed by atoms with Crippen LogP contribution in [0.2, 0.25) is 0 Å². The van der Waals surface area contributed by atoms with Crippen LogP contribution in [0, 0.1) is 11.8 Å². The third kappa shape index (κ3) is 14.0. The van der Waals surface area contributed by atoms with Gasteiger partial charge in [-0.2, -0.15) is 0 Å². The molecular weight excluding hydrogens is 695 g/mol. The van der Waals surface area contributed by atoms with Gasteiger partial charge in [-0.25, -0.2) is 18.2 Å². The van der Waals surface area contributed by atoms with Gasteiger partial charge in [0.05, 0.1) is 17.9 Å². The summed E-state index contributed by atoms with van der Waals surface area (Å²) >= 11 is 2.41. The number of nitrogens with one attached hydrogen (secondary N) is 3. The first-order valence-corrected chi connectivity index (χ1v) is 18.8. The van der Waals surface area contributed by atoms with E-state index in [9.17, 15) is 36.9 Å². The fourth-order valence-electron chi connectivity index (χ4n) is 3.96. The van der Waals surface area contributed by atoms with Gasteiger partial charge in [-0.15, -0.1) is 11.3 Å². The molecule has 49 heavy (non-hydrogen) atoms. The van der Waals surface area contributed by atoms with Gasteiger partial charge in [-0.05, 0) is 44.4 Å². The van der Waals surface area contributed by atoms with Crippen LogP contribution in [0.3, 0.4) is 0 Å². The zero-order chi connectivity index (χ0) is 36.9. The molecule has 0 saturated carbocycles. The maximum absolute atomic E-state index is 13.1. The number of hydrogen-bond donors (Lipinski definition) is 4. The summed E-state index contributed by atoms with van der Waals surface area (Å²) in [6, 6.07) is 5.89. The zero-order valence-corrected chi connectivity index (χ0v) is 30.8. The zero-order valence-electron chi connectivity index (χ0n) is 28.4. The Morgan fingerprint density at radius 1 is 1.16 bits per heavy atom. The molecular formula is C32H45N5O9S3. The number of rotatable bonds is 8. The van der Waals surface area contributed by atoms with Gasteiger partial charge in [0.25, 0.3) is 5.91 Å². The van der Waals surface area contributed by atoms with E-state index in [1.165, 1.54) is 61.2 Å². The number of esters is 1. The average Bonchev–Trinajstić information content (AvgIpc) is 3.50. The first-order chi connectivity index (χ1) is 22.8. The summed E-state index contributed by atoms with van der Waals surface area (Å²) in [5.74, 6) is -1.82. The van der Waals surface area contributed by atoms with Gasteiger partial charge < -0.3 is 31.0 Å². The summed E-state index contributed by atoms with van der Waals surface area (Å²) in [7, 11) is -4.25. The van der Waals surface area contributed by atoms with E-state index >= 15 is 0 Å². The number of thiazole rings is 1. The average molecular weight is 740 g/mol. The second kappa shape index (κ2) is 18.9. The summed E-state index contributed by atoms with van der Waals surface area (Å²) in [6.07, 6.45) is 2.88. The standard InChI is InChI=1S/C26H39N5O6S2.C6H6O3S/c1-14(2)20(27)24(35)38-10-8-7-9-16-11-18(32)28-12-19-29-17(13-39-19)22(33)31-26(5,6)25(36)30-21(15(3)4)23(34)37-16;7-10(8,9)6-4-2-1-3-5-6/h7,9,13-16,20-21H,8,10-12,27H2,1-6H3,(H,28,32)(H,30,36)(H,31,33);1-5H,(H,7,8,9)/b9-7+;/t16-,20+,21+;/m1./s1. The van der Waals surface area contributed by atoms with Crippen LogP contribution in [0.5, 0.6) is 0 Å². The first-order valence-electron chi connectivity index (χ1n) is 15.5. The van der Waals surface area contributed by atoms with Crippen LogP contribution in [-0.2, 0) is 40.6 Å². The minimum Gasteiger partial charge on any atom is -0.744 e. The minimum absolute atomic E-state index is 0.0221. The highest BCUT2D eigenvalue weighted by atomic mass is 32.2. The highest BCUT2D eigenvalue weighted by molar-refractivity contribution is 8.13. The Bertz CT molecular complexity index is 1590. The van der Waals surface area contributed by atoms with Crippen molar-refractivity contribution in [2.45, 2.75) is 89.6 Å². The number of ether oxygens (including phenoxy) is 1. The van der Waals surface area contributed by atoms with E-state index in [0.717, 1.165) is 0 Å². The van der Waals surface area contributed by atoms with Gasteiger partial charge in [0.1, 0.15) is 38.5 Å². The summed E-state index contributed by atoms with van der Waals surface area (Å²) in [5, 5.41) is 10.2. The lowest BCUT2D eigenvalue weighted by Gasteiger charge is -2.29. The Labute approximate surface area is 295 Å². The number of fused-ring (bicyclic) bond motifs is 2. The molecule has 3 atom stereocenters. The molecule has 0 fully saturated rings. The summed E-state index contributed by atoms with van der Waals surface area (Å²) in [5.41, 5.74) is 2.70. The van der Waals surface area contributed by atoms with Crippen LogP contribution >= 0.6 is 23.1 Å². The van der Waals surface area contributed by atoms with Crippen LogP contribution in [0.1, 0.15) is 69.9 Å². The van der Waals surface area contributed by atoms with Gasteiger partial charge in [0, 0.05) is 17.1 Å².